The van der Waals surface area contributed by atoms with Gasteiger partial charge in [-0.25, -0.2) is 22.1 Å². The van der Waals surface area contributed by atoms with E-state index in [9.17, 15) is 26.0 Å². The van der Waals surface area contributed by atoms with Crippen LogP contribution in [0.3, 0.4) is 0 Å². The molecule has 2 aliphatic rings. The number of hydrogen-bond acceptors (Lipinski definition) is 6. The normalized spacial score (nSPS) is 19.8. The van der Waals surface area contributed by atoms with Crippen LogP contribution in [-0.4, -0.2) is 59.9 Å². The highest BCUT2D eigenvalue weighted by Gasteiger charge is 2.49. The number of amides is 1. The lowest BCUT2D eigenvalue weighted by atomic mass is 10.0. The Bertz CT molecular complexity index is 1990. The highest BCUT2D eigenvalue weighted by atomic mass is 32.2. The van der Waals surface area contributed by atoms with Gasteiger partial charge in [0.15, 0.2) is 0 Å². The molecule has 2 unspecified atom stereocenters. The maximum absolute atomic E-state index is 13.7. The molecule has 3 aromatic carbocycles. The molecule has 3 heterocycles. The van der Waals surface area contributed by atoms with Crippen LogP contribution in [0.5, 0.6) is 0 Å². The van der Waals surface area contributed by atoms with Gasteiger partial charge in [-0.1, -0.05) is 54.6 Å². The summed E-state index contributed by atoms with van der Waals surface area (Å²) < 4.78 is 72.5. The van der Waals surface area contributed by atoms with E-state index in [-0.39, 0.29) is 31.7 Å². The van der Waals surface area contributed by atoms with Crippen molar-refractivity contribution in [3.05, 3.63) is 107 Å². The summed E-state index contributed by atoms with van der Waals surface area (Å²) in [5.41, 5.74) is 3.66. The number of nitrogens with zero attached hydrogens (tertiary/aromatic N) is 3. The Morgan fingerprint density at radius 1 is 1.04 bits per heavy atom. The fourth-order valence-electron chi connectivity index (χ4n) is 6.15. The predicted octanol–water partition coefficient (Wildman–Crippen LogP) is 5.01. The molecular weight excluding hydrogens is 630 g/mol. The first-order valence-electron chi connectivity index (χ1n) is 15.1. The molecule has 1 fully saturated rings. The van der Waals surface area contributed by atoms with E-state index < -0.39 is 43.0 Å². The molecule has 46 heavy (non-hydrogen) atoms. The molecule has 2 aliphatic heterocycles. The summed E-state index contributed by atoms with van der Waals surface area (Å²) in [6.07, 6.45) is 2.41. The molecule has 0 aliphatic carbocycles. The van der Waals surface area contributed by atoms with E-state index in [1.165, 1.54) is 16.4 Å². The number of H-pyrrole nitrogens is 1. The van der Waals surface area contributed by atoms with Gasteiger partial charge in [0.25, 0.3) is 10.2 Å². The highest BCUT2D eigenvalue weighted by molar-refractivity contribution is 7.90. The van der Waals surface area contributed by atoms with Gasteiger partial charge in [0.05, 0.1) is 29.0 Å². The molecule has 6 rings (SSSR count). The van der Waals surface area contributed by atoms with Crippen LogP contribution in [0.4, 0.5) is 4.39 Å². The van der Waals surface area contributed by atoms with E-state index in [0.717, 1.165) is 26.5 Å². The largest absolute Gasteiger partial charge is 0.341 e. The number of benzene rings is 3. The Labute approximate surface area is 268 Å². The van der Waals surface area contributed by atoms with Crippen LogP contribution in [0.25, 0.3) is 16.6 Å². The van der Waals surface area contributed by atoms with Crippen LogP contribution < -0.4 is 4.72 Å². The van der Waals surface area contributed by atoms with Crippen LogP contribution in [-0.2, 0) is 31.4 Å². The molecule has 13 heteroatoms. The van der Waals surface area contributed by atoms with Gasteiger partial charge in [0.2, 0.25) is 15.9 Å². The van der Waals surface area contributed by atoms with Crippen LogP contribution in [0.2, 0.25) is 0 Å². The lowest BCUT2D eigenvalue weighted by molar-refractivity contribution is -0.128. The number of nitrogens with one attached hydrogen (secondary N) is 2. The van der Waals surface area contributed by atoms with Gasteiger partial charge in [0.1, 0.15) is 16.9 Å². The van der Waals surface area contributed by atoms with E-state index in [0.29, 0.717) is 23.3 Å². The van der Waals surface area contributed by atoms with Gasteiger partial charge in [-0.3, -0.25) is 4.79 Å². The van der Waals surface area contributed by atoms with Crippen LogP contribution in [0, 0.1) is 5.82 Å². The SMILES string of the molecule is CC(C)(C)N1C(=O)CC(c2ccc(CC(NS(=O)(=O)N3CC=C(c4ccc(F)cc4)CC3)c3nc4ccccc4[nH]3)cc2)S1(=O)=O. The zero-order valence-electron chi connectivity index (χ0n) is 25.8. The average molecular weight is 666 g/mol. The van der Waals surface area contributed by atoms with Crippen molar-refractivity contribution in [3.8, 4) is 0 Å². The minimum absolute atomic E-state index is 0.131. The number of carbonyl (C=O) groups is 1. The maximum atomic E-state index is 13.7. The number of hydrogen-bond donors (Lipinski definition) is 2. The maximum Gasteiger partial charge on any atom is 0.280 e. The number of carbonyl (C=O) groups excluding carboxylic acids is 1. The molecule has 10 nitrogen and oxygen atoms in total. The summed E-state index contributed by atoms with van der Waals surface area (Å²) in [5, 5.41) is -0.982. The number of aromatic nitrogens is 2. The molecule has 0 saturated carbocycles. The molecule has 1 amide bonds. The predicted molar refractivity (Wildman–Crippen MR) is 174 cm³/mol. The van der Waals surface area contributed by atoms with Crippen LogP contribution in [0.1, 0.15) is 67.4 Å². The Morgan fingerprint density at radius 2 is 1.74 bits per heavy atom. The monoisotopic (exact) mass is 665 g/mol. The smallest absolute Gasteiger partial charge is 0.280 e. The van der Waals surface area contributed by atoms with Crippen molar-refractivity contribution in [2.75, 3.05) is 13.1 Å². The number of imidazole rings is 1. The Morgan fingerprint density at radius 3 is 2.35 bits per heavy atom. The van der Waals surface area contributed by atoms with E-state index in [2.05, 4.69) is 14.7 Å². The van der Waals surface area contributed by atoms with Crippen molar-refractivity contribution in [2.45, 2.75) is 56.9 Å². The molecular formula is C33H36FN5O5S2. The van der Waals surface area contributed by atoms with Gasteiger partial charge in [-0.2, -0.15) is 17.4 Å². The lowest BCUT2D eigenvalue weighted by Gasteiger charge is -2.30. The first-order chi connectivity index (χ1) is 21.7. The molecule has 4 aromatic rings. The van der Waals surface area contributed by atoms with Crippen molar-refractivity contribution < 1.29 is 26.0 Å². The van der Waals surface area contributed by atoms with Crippen molar-refractivity contribution in [1.82, 2.24) is 23.3 Å². The third-order valence-electron chi connectivity index (χ3n) is 8.36. The first kappa shape index (κ1) is 32.0. The summed E-state index contributed by atoms with van der Waals surface area (Å²) in [5.74, 6) is -0.317. The second kappa shape index (κ2) is 12.0. The number of sulfonamides is 1. The molecule has 2 N–H and O–H groups in total. The molecule has 0 bridgehead atoms. The van der Waals surface area contributed by atoms with Crippen molar-refractivity contribution in [3.63, 3.8) is 0 Å². The minimum Gasteiger partial charge on any atom is -0.341 e. The summed E-state index contributed by atoms with van der Waals surface area (Å²) >= 11 is 0. The fraction of sp³-hybridized carbons (Fsp3) is 0.333. The van der Waals surface area contributed by atoms with Gasteiger partial charge in [-0.15, -0.1) is 0 Å². The van der Waals surface area contributed by atoms with Crippen LogP contribution in [0.15, 0.2) is 78.9 Å². The molecule has 1 aromatic heterocycles. The summed E-state index contributed by atoms with van der Waals surface area (Å²) in [7, 11) is -7.86. The molecule has 2 atom stereocenters. The molecule has 1 saturated heterocycles. The second-order valence-corrected chi connectivity index (χ2v) is 16.3. The number of fused-ring (bicyclic) bond motifs is 1. The number of halogens is 1. The molecule has 242 valence electrons. The summed E-state index contributed by atoms with van der Waals surface area (Å²) in [4.78, 5) is 20.6. The number of rotatable bonds is 8. The minimum atomic E-state index is -3.97. The quantitative estimate of drug-likeness (QED) is 0.272. The number of aromatic amines is 1. The Hall–Kier alpha value is -3.91. The van der Waals surface area contributed by atoms with Gasteiger partial charge < -0.3 is 4.98 Å². The first-order valence-corrected chi connectivity index (χ1v) is 18.0. The van der Waals surface area contributed by atoms with Crippen molar-refractivity contribution in [2.24, 2.45) is 0 Å². The van der Waals surface area contributed by atoms with E-state index in [1.807, 2.05) is 30.3 Å². The highest BCUT2D eigenvalue weighted by Crippen LogP contribution is 2.40. The zero-order chi connectivity index (χ0) is 32.9. The Kier molecular flexibility index (Phi) is 8.38. The zero-order valence-corrected chi connectivity index (χ0v) is 27.4. The Balaban J connectivity index is 1.24. The molecule has 0 radical (unpaired) electrons. The third-order valence-corrected chi connectivity index (χ3v) is 12.4. The fourth-order valence-corrected chi connectivity index (χ4v) is 9.68. The summed E-state index contributed by atoms with van der Waals surface area (Å²) in [6, 6.07) is 19.7. The van der Waals surface area contributed by atoms with E-state index in [4.69, 9.17) is 0 Å². The van der Waals surface area contributed by atoms with Gasteiger partial charge in [-0.05, 0) is 80.1 Å². The van der Waals surface area contributed by atoms with E-state index in [1.54, 1.807) is 57.2 Å². The number of para-hydroxylation sites is 2. The third kappa shape index (κ3) is 6.37. The van der Waals surface area contributed by atoms with Crippen molar-refractivity contribution in [1.29, 1.82) is 0 Å². The standard InChI is InChI=1S/C33H36FN5O5S2/c1-33(2,3)39-31(40)21-30(45(39,41)42)25-10-8-22(9-11-25)20-29(32-35-27-6-4-5-7-28(27)36-32)37-46(43,44)38-18-16-24(17-19-38)23-12-14-26(34)15-13-23/h4-16,29-30,37H,17-21H2,1-3H3,(H,35,36). The van der Waals surface area contributed by atoms with Crippen LogP contribution >= 0.6 is 0 Å². The second-order valence-electron chi connectivity index (χ2n) is 12.7. The average Bonchev–Trinajstić information content (AvgIpc) is 3.55. The van der Waals surface area contributed by atoms with E-state index >= 15 is 0 Å². The summed E-state index contributed by atoms with van der Waals surface area (Å²) in [6.45, 7) is 5.48. The topological polar surface area (TPSA) is 133 Å². The van der Waals surface area contributed by atoms with Gasteiger partial charge >= 0.3 is 0 Å². The van der Waals surface area contributed by atoms with Gasteiger partial charge in [0, 0.05) is 13.1 Å². The lowest BCUT2D eigenvalue weighted by Crippen LogP contribution is -2.45. The molecule has 0 spiro atoms. The van der Waals surface area contributed by atoms with Crippen molar-refractivity contribution >= 4 is 42.7 Å².